The molecule has 0 aliphatic rings. The van der Waals surface area contributed by atoms with Crippen molar-refractivity contribution in [2.75, 3.05) is 6.61 Å². The van der Waals surface area contributed by atoms with Crippen LogP contribution >= 0.6 is 0 Å². The molecule has 0 spiro atoms. The predicted octanol–water partition coefficient (Wildman–Crippen LogP) is 0.781. The monoisotopic (exact) mass is 245 g/mol. The van der Waals surface area contributed by atoms with Gasteiger partial charge in [-0.05, 0) is 12.1 Å². The summed E-state index contributed by atoms with van der Waals surface area (Å²) in [6.45, 7) is 1.23. The van der Waals surface area contributed by atoms with Gasteiger partial charge in [0, 0.05) is 24.4 Å². The van der Waals surface area contributed by atoms with Crippen molar-refractivity contribution in [2.45, 2.75) is 13.1 Å². The van der Waals surface area contributed by atoms with E-state index in [0.29, 0.717) is 19.7 Å². The zero-order valence-electron chi connectivity index (χ0n) is 9.95. The molecule has 0 atom stereocenters. The molecule has 94 valence electrons. The van der Waals surface area contributed by atoms with Crippen LogP contribution < -0.4 is 16.0 Å². The summed E-state index contributed by atoms with van der Waals surface area (Å²) in [6, 6.07) is 10.7. The highest BCUT2D eigenvalue weighted by molar-refractivity contribution is 5.32. The van der Waals surface area contributed by atoms with Crippen LogP contribution in [0.2, 0.25) is 0 Å². The second kappa shape index (κ2) is 5.97. The van der Waals surface area contributed by atoms with Crippen LogP contribution in [-0.4, -0.2) is 16.4 Å². The first-order valence-electron chi connectivity index (χ1n) is 5.74. The zero-order valence-corrected chi connectivity index (χ0v) is 9.95. The average Bonchev–Trinajstić information content (AvgIpc) is 2.41. The summed E-state index contributed by atoms with van der Waals surface area (Å²) < 4.78 is 6.97. The Kier molecular flexibility index (Phi) is 4.09. The quantitative estimate of drug-likeness (QED) is 0.845. The maximum Gasteiger partial charge on any atom is 0.266 e. The number of hydrogen-bond acceptors (Lipinski definition) is 4. The van der Waals surface area contributed by atoms with Crippen LogP contribution in [0.15, 0.2) is 47.4 Å². The van der Waals surface area contributed by atoms with E-state index in [9.17, 15) is 4.79 Å². The van der Waals surface area contributed by atoms with Crippen molar-refractivity contribution in [2.24, 2.45) is 5.73 Å². The molecule has 2 aromatic rings. The molecule has 0 unspecified atom stereocenters. The highest BCUT2D eigenvalue weighted by Gasteiger charge is 2.01. The summed E-state index contributed by atoms with van der Waals surface area (Å²) in [6.07, 6.45) is 1.58. The molecular formula is C13H15N3O2. The highest BCUT2D eigenvalue weighted by Crippen LogP contribution is 2.16. The first kappa shape index (κ1) is 12.3. The fourth-order valence-electron chi connectivity index (χ4n) is 1.61. The number of benzene rings is 1. The van der Waals surface area contributed by atoms with Gasteiger partial charge in [-0.25, -0.2) is 4.68 Å². The SMILES string of the molecule is NCc1ccccc1OCCn1ncccc1=O. The van der Waals surface area contributed by atoms with E-state index < -0.39 is 0 Å². The Balaban J connectivity index is 1.97. The molecule has 0 aliphatic carbocycles. The molecule has 0 radical (unpaired) electrons. The Hall–Kier alpha value is -2.14. The van der Waals surface area contributed by atoms with Crippen molar-refractivity contribution in [1.29, 1.82) is 0 Å². The van der Waals surface area contributed by atoms with Crippen molar-refractivity contribution < 1.29 is 4.74 Å². The first-order chi connectivity index (χ1) is 8.81. The third kappa shape index (κ3) is 2.95. The third-order valence-electron chi connectivity index (χ3n) is 2.54. The summed E-state index contributed by atoms with van der Waals surface area (Å²) >= 11 is 0. The van der Waals surface area contributed by atoms with Gasteiger partial charge < -0.3 is 10.5 Å². The first-order valence-corrected chi connectivity index (χ1v) is 5.74. The maximum absolute atomic E-state index is 11.4. The largest absolute Gasteiger partial charge is 0.491 e. The standard InChI is InChI=1S/C13H15N3O2/c14-10-11-4-1-2-5-12(11)18-9-8-16-13(17)6-3-7-15-16/h1-7H,8-10,14H2. The lowest BCUT2D eigenvalue weighted by Crippen LogP contribution is -2.24. The van der Waals surface area contributed by atoms with Crippen molar-refractivity contribution >= 4 is 0 Å². The van der Waals surface area contributed by atoms with E-state index in [-0.39, 0.29) is 5.56 Å². The fourth-order valence-corrected chi connectivity index (χ4v) is 1.61. The number of para-hydroxylation sites is 1. The van der Waals surface area contributed by atoms with E-state index >= 15 is 0 Å². The predicted molar refractivity (Wildman–Crippen MR) is 68.3 cm³/mol. The fraction of sp³-hybridized carbons (Fsp3) is 0.231. The normalized spacial score (nSPS) is 10.3. The summed E-state index contributed by atoms with van der Waals surface area (Å²) in [5.74, 6) is 0.754. The molecule has 2 rings (SSSR count). The number of nitrogens with zero attached hydrogens (tertiary/aromatic N) is 2. The van der Waals surface area contributed by atoms with Gasteiger partial charge in [-0.15, -0.1) is 0 Å². The van der Waals surface area contributed by atoms with E-state index in [1.807, 2.05) is 24.3 Å². The molecule has 0 saturated heterocycles. The van der Waals surface area contributed by atoms with Crippen molar-refractivity contribution in [3.63, 3.8) is 0 Å². The van der Waals surface area contributed by atoms with Gasteiger partial charge in [0.1, 0.15) is 12.4 Å². The summed E-state index contributed by atoms with van der Waals surface area (Å²) in [4.78, 5) is 11.4. The van der Waals surface area contributed by atoms with Crippen molar-refractivity contribution in [1.82, 2.24) is 9.78 Å². The van der Waals surface area contributed by atoms with Crippen LogP contribution in [0.1, 0.15) is 5.56 Å². The van der Waals surface area contributed by atoms with Gasteiger partial charge in [-0.1, -0.05) is 18.2 Å². The molecule has 0 aliphatic heterocycles. The van der Waals surface area contributed by atoms with E-state index in [1.165, 1.54) is 10.7 Å². The second-order valence-electron chi connectivity index (χ2n) is 3.75. The van der Waals surface area contributed by atoms with E-state index in [1.54, 1.807) is 12.3 Å². The number of ether oxygens (including phenoxy) is 1. The number of nitrogens with two attached hydrogens (primary N) is 1. The minimum atomic E-state index is -0.131. The van der Waals surface area contributed by atoms with Crippen LogP contribution in [0.4, 0.5) is 0 Å². The molecular weight excluding hydrogens is 230 g/mol. The van der Waals surface area contributed by atoms with Gasteiger partial charge in [0.2, 0.25) is 0 Å². The average molecular weight is 245 g/mol. The van der Waals surface area contributed by atoms with Crippen molar-refractivity contribution in [3.8, 4) is 5.75 Å². The maximum atomic E-state index is 11.4. The van der Waals surface area contributed by atoms with Gasteiger partial charge >= 0.3 is 0 Å². The van der Waals surface area contributed by atoms with Gasteiger partial charge in [-0.2, -0.15) is 5.10 Å². The lowest BCUT2D eigenvalue weighted by atomic mass is 10.2. The van der Waals surface area contributed by atoms with Crippen LogP contribution in [0.3, 0.4) is 0 Å². The molecule has 1 aromatic heterocycles. The molecule has 1 heterocycles. The Bertz CT molecular complexity index is 566. The molecule has 2 N–H and O–H groups in total. The van der Waals surface area contributed by atoms with Crippen LogP contribution in [0.5, 0.6) is 5.75 Å². The molecule has 0 bridgehead atoms. The smallest absolute Gasteiger partial charge is 0.266 e. The lowest BCUT2D eigenvalue weighted by molar-refractivity contribution is 0.285. The number of aromatic nitrogens is 2. The van der Waals surface area contributed by atoms with E-state index in [0.717, 1.165) is 11.3 Å². The zero-order chi connectivity index (χ0) is 12.8. The third-order valence-corrected chi connectivity index (χ3v) is 2.54. The van der Waals surface area contributed by atoms with Gasteiger partial charge in [-0.3, -0.25) is 4.79 Å². The van der Waals surface area contributed by atoms with E-state index in [4.69, 9.17) is 10.5 Å². The topological polar surface area (TPSA) is 70.1 Å². The minimum Gasteiger partial charge on any atom is -0.491 e. The Labute approximate surface area is 105 Å². The van der Waals surface area contributed by atoms with Gasteiger partial charge in [0.05, 0.1) is 6.54 Å². The number of rotatable bonds is 5. The van der Waals surface area contributed by atoms with Crippen molar-refractivity contribution in [3.05, 3.63) is 58.5 Å². The van der Waals surface area contributed by atoms with Gasteiger partial charge in [0.15, 0.2) is 0 Å². The lowest BCUT2D eigenvalue weighted by Gasteiger charge is -2.10. The Morgan fingerprint density at radius 2 is 2.06 bits per heavy atom. The van der Waals surface area contributed by atoms with Gasteiger partial charge in [0.25, 0.3) is 5.56 Å². The Morgan fingerprint density at radius 3 is 2.83 bits per heavy atom. The molecule has 1 aromatic carbocycles. The van der Waals surface area contributed by atoms with E-state index in [2.05, 4.69) is 5.10 Å². The molecule has 5 heteroatoms. The molecule has 18 heavy (non-hydrogen) atoms. The molecule has 0 saturated carbocycles. The Morgan fingerprint density at radius 1 is 1.22 bits per heavy atom. The number of hydrogen-bond donors (Lipinski definition) is 1. The summed E-state index contributed by atoms with van der Waals surface area (Å²) in [5, 5.41) is 3.95. The van der Waals surface area contributed by atoms with Crippen LogP contribution in [-0.2, 0) is 13.1 Å². The van der Waals surface area contributed by atoms with Crippen LogP contribution in [0, 0.1) is 0 Å². The molecule has 0 fully saturated rings. The molecule has 5 nitrogen and oxygen atoms in total. The second-order valence-corrected chi connectivity index (χ2v) is 3.75. The minimum absolute atomic E-state index is 0.131. The highest BCUT2D eigenvalue weighted by atomic mass is 16.5. The summed E-state index contributed by atoms with van der Waals surface area (Å²) in [7, 11) is 0. The molecule has 0 amide bonds. The summed E-state index contributed by atoms with van der Waals surface area (Å²) in [5.41, 5.74) is 6.43. The van der Waals surface area contributed by atoms with Crippen LogP contribution in [0.25, 0.3) is 0 Å².